The van der Waals surface area contributed by atoms with E-state index in [1.54, 1.807) is 30.3 Å². The predicted molar refractivity (Wildman–Crippen MR) is 139 cm³/mol. The van der Waals surface area contributed by atoms with Crippen molar-refractivity contribution in [3.05, 3.63) is 76.2 Å². The van der Waals surface area contributed by atoms with E-state index in [9.17, 15) is 19.7 Å². The average molecular weight is 526 g/mol. The maximum atomic E-state index is 12.7. The van der Waals surface area contributed by atoms with Gasteiger partial charge in [0.05, 0.1) is 37.2 Å². The molecular formula is C24H23N5O7S. The number of anilines is 3. The van der Waals surface area contributed by atoms with Crippen molar-refractivity contribution in [2.24, 2.45) is 0 Å². The smallest absolute Gasteiger partial charge is 0.293 e. The fourth-order valence-corrected chi connectivity index (χ4v) is 3.89. The Labute approximate surface area is 216 Å². The molecule has 1 aliphatic heterocycles. The number of nitrogens with one attached hydrogen (secondary N) is 3. The van der Waals surface area contributed by atoms with Gasteiger partial charge in [-0.05, 0) is 48.6 Å². The van der Waals surface area contributed by atoms with Crippen LogP contribution in [0.2, 0.25) is 0 Å². The lowest BCUT2D eigenvalue weighted by atomic mass is 10.1. The second kappa shape index (κ2) is 11.5. The number of nitro benzene ring substituents is 1. The molecule has 0 unspecified atom stereocenters. The highest BCUT2D eigenvalue weighted by Gasteiger charge is 2.23. The monoisotopic (exact) mass is 525 g/mol. The summed E-state index contributed by atoms with van der Waals surface area (Å²) in [5, 5.41) is 19.7. The van der Waals surface area contributed by atoms with E-state index < -0.39 is 16.7 Å². The van der Waals surface area contributed by atoms with Gasteiger partial charge in [0.1, 0.15) is 11.4 Å². The Bertz CT molecular complexity index is 1320. The second-order valence-electron chi connectivity index (χ2n) is 7.81. The van der Waals surface area contributed by atoms with Crippen molar-refractivity contribution in [2.45, 2.75) is 0 Å². The minimum absolute atomic E-state index is 0.0284. The number of methoxy groups -OCH3 is 1. The molecule has 192 valence electrons. The number of thiocarbonyl (C=S) groups is 1. The van der Waals surface area contributed by atoms with Crippen molar-refractivity contribution in [3.8, 4) is 5.75 Å². The maximum absolute atomic E-state index is 12.7. The van der Waals surface area contributed by atoms with Crippen molar-refractivity contribution in [2.75, 3.05) is 48.9 Å². The Morgan fingerprint density at radius 1 is 1.08 bits per heavy atom. The third-order valence-corrected chi connectivity index (χ3v) is 5.67. The van der Waals surface area contributed by atoms with Crippen LogP contribution in [0.5, 0.6) is 5.75 Å². The maximum Gasteiger partial charge on any atom is 0.293 e. The molecule has 12 nitrogen and oxygen atoms in total. The largest absolute Gasteiger partial charge is 0.494 e. The molecule has 0 bridgehead atoms. The lowest BCUT2D eigenvalue weighted by Gasteiger charge is -2.28. The average Bonchev–Trinajstić information content (AvgIpc) is 3.45. The van der Waals surface area contributed by atoms with E-state index >= 15 is 0 Å². The molecule has 1 aromatic heterocycles. The molecule has 1 saturated heterocycles. The normalized spacial score (nSPS) is 12.9. The van der Waals surface area contributed by atoms with Gasteiger partial charge in [0.15, 0.2) is 10.9 Å². The Kier molecular flexibility index (Phi) is 7.95. The number of carbonyl (C=O) groups excluding carboxylic acids is 2. The van der Waals surface area contributed by atoms with Gasteiger partial charge in [-0.25, -0.2) is 0 Å². The predicted octanol–water partition coefficient (Wildman–Crippen LogP) is 3.41. The Morgan fingerprint density at radius 2 is 1.86 bits per heavy atom. The number of carbonyl (C=O) groups is 2. The molecule has 1 aliphatic rings. The number of nitro groups is 1. The molecular weight excluding hydrogens is 502 g/mol. The topological polar surface area (TPSA) is 148 Å². The van der Waals surface area contributed by atoms with Crippen LogP contribution in [0.3, 0.4) is 0 Å². The molecule has 2 heterocycles. The van der Waals surface area contributed by atoms with Crippen molar-refractivity contribution in [3.63, 3.8) is 0 Å². The van der Waals surface area contributed by atoms with E-state index in [1.807, 2.05) is 4.90 Å². The minimum Gasteiger partial charge on any atom is -0.494 e. The molecule has 2 amide bonds. The van der Waals surface area contributed by atoms with E-state index in [2.05, 4.69) is 16.0 Å². The van der Waals surface area contributed by atoms with Gasteiger partial charge in [-0.15, -0.1) is 0 Å². The van der Waals surface area contributed by atoms with Gasteiger partial charge in [-0.1, -0.05) is 0 Å². The molecule has 0 radical (unpaired) electrons. The second-order valence-corrected chi connectivity index (χ2v) is 8.22. The van der Waals surface area contributed by atoms with Crippen LogP contribution in [-0.2, 0) is 4.74 Å². The molecule has 3 N–H and O–H groups in total. The Morgan fingerprint density at radius 3 is 2.54 bits per heavy atom. The molecule has 13 heteroatoms. The van der Waals surface area contributed by atoms with E-state index in [0.717, 1.165) is 0 Å². The highest BCUT2D eigenvalue weighted by molar-refractivity contribution is 7.80. The van der Waals surface area contributed by atoms with Crippen LogP contribution < -0.4 is 25.6 Å². The summed E-state index contributed by atoms with van der Waals surface area (Å²) in [4.78, 5) is 38.0. The van der Waals surface area contributed by atoms with Crippen LogP contribution in [0.4, 0.5) is 22.7 Å². The standard InChI is InChI=1S/C24H23N5O7S/c1-34-21-14-16(5-6-17(21)26-23(31)20-3-2-10-36-20)25-24(37)27-22(30)15-4-7-18(19(13-15)29(32)33)28-8-11-35-12-9-28/h2-7,10,13-14H,8-9,11-12H2,1H3,(H,26,31)(H2,25,27,30,37). The summed E-state index contributed by atoms with van der Waals surface area (Å²) in [7, 11) is 1.44. The van der Waals surface area contributed by atoms with Crippen LogP contribution in [0, 0.1) is 10.1 Å². The number of benzene rings is 2. The van der Waals surface area contributed by atoms with Gasteiger partial charge >= 0.3 is 0 Å². The van der Waals surface area contributed by atoms with E-state index in [-0.39, 0.29) is 22.1 Å². The molecule has 0 spiro atoms. The third kappa shape index (κ3) is 6.20. The molecule has 2 aromatic carbocycles. The zero-order chi connectivity index (χ0) is 26.4. The van der Waals surface area contributed by atoms with Crippen molar-refractivity contribution in [1.29, 1.82) is 0 Å². The fourth-order valence-electron chi connectivity index (χ4n) is 3.68. The first-order valence-electron chi connectivity index (χ1n) is 11.1. The third-order valence-electron chi connectivity index (χ3n) is 5.47. The van der Waals surface area contributed by atoms with Crippen LogP contribution in [0.1, 0.15) is 20.9 Å². The SMILES string of the molecule is COc1cc(NC(=S)NC(=O)c2ccc(N3CCOCC3)c([N+](=O)[O-])c2)ccc1NC(=O)c1ccco1. The molecule has 4 rings (SSSR count). The van der Waals surface area contributed by atoms with E-state index in [4.69, 9.17) is 26.1 Å². The van der Waals surface area contributed by atoms with Gasteiger partial charge in [-0.3, -0.25) is 25.0 Å². The first-order chi connectivity index (χ1) is 17.9. The van der Waals surface area contributed by atoms with Gasteiger partial charge < -0.3 is 29.4 Å². The first-order valence-corrected chi connectivity index (χ1v) is 11.5. The molecule has 1 fully saturated rings. The zero-order valence-electron chi connectivity index (χ0n) is 19.7. The molecule has 37 heavy (non-hydrogen) atoms. The van der Waals surface area contributed by atoms with Gasteiger partial charge in [0.25, 0.3) is 17.5 Å². The highest BCUT2D eigenvalue weighted by Crippen LogP contribution is 2.30. The lowest BCUT2D eigenvalue weighted by Crippen LogP contribution is -2.37. The Balaban J connectivity index is 1.42. The fraction of sp³-hybridized carbons (Fsp3) is 0.208. The summed E-state index contributed by atoms with van der Waals surface area (Å²) in [5.74, 6) is -0.566. The number of morpholine rings is 1. The minimum atomic E-state index is -0.608. The van der Waals surface area contributed by atoms with Gasteiger partial charge in [0, 0.05) is 36.5 Å². The summed E-state index contributed by atoms with van der Waals surface area (Å²) in [6.07, 6.45) is 1.39. The number of rotatable bonds is 7. The number of nitrogens with zero attached hydrogens (tertiary/aromatic N) is 2. The van der Waals surface area contributed by atoms with Crippen molar-refractivity contribution < 1.29 is 28.4 Å². The van der Waals surface area contributed by atoms with Crippen LogP contribution in [0.15, 0.2) is 59.2 Å². The lowest BCUT2D eigenvalue weighted by molar-refractivity contribution is -0.384. The van der Waals surface area contributed by atoms with Gasteiger partial charge in [-0.2, -0.15) is 0 Å². The highest BCUT2D eigenvalue weighted by atomic mass is 32.1. The number of ether oxygens (including phenoxy) is 2. The first kappa shape index (κ1) is 25.6. The summed E-state index contributed by atoms with van der Waals surface area (Å²) >= 11 is 5.24. The Hall–Kier alpha value is -4.49. The number of amides is 2. The van der Waals surface area contributed by atoms with Crippen LogP contribution >= 0.6 is 12.2 Å². The zero-order valence-corrected chi connectivity index (χ0v) is 20.5. The number of furan rings is 1. The molecule has 0 atom stereocenters. The quantitative estimate of drug-likeness (QED) is 0.238. The summed E-state index contributed by atoms with van der Waals surface area (Å²) in [6, 6.07) is 12.2. The summed E-state index contributed by atoms with van der Waals surface area (Å²) in [5.41, 5.74) is 1.22. The number of hydrogen-bond donors (Lipinski definition) is 3. The molecule has 0 saturated carbocycles. The molecule has 0 aliphatic carbocycles. The van der Waals surface area contributed by atoms with Crippen LogP contribution in [0.25, 0.3) is 0 Å². The summed E-state index contributed by atoms with van der Waals surface area (Å²) < 4.78 is 15.7. The van der Waals surface area contributed by atoms with Crippen molar-refractivity contribution in [1.82, 2.24) is 5.32 Å². The van der Waals surface area contributed by atoms with Gasteiger partial charge in [0.2, 0.25) is 0 Å². The van der Waals surface area contributed by atoms with E-state index in [0.29, 0.717) is 49.1 Å². The van der Waals surface area contributed by atoms with Crippen molar-refractivity contribution >= 4 is 51.9 Å². The summed E-state index contributed by atoms with van der Waals surface area (Å²) in [6.45, 7) is 1.99. The van der Waals surface area contributed by atoms with Crippen LogP contribution in [-0.4, -0.2) is 55.3 Å². The molecule has 3 aromatic rings. The van der Waals surface area contributed by atoms with E-state index in [1.165, 1.54) is 31.6 Å². The number of hydrogen-bond acceptors (Lipinski definition) is 9.